The first kappa shape index (κ1) is 22.5. The molecule has 1 fully saturated rings. The smallest absolute Gasteiger partial charge is 0.306 e. The predicted molar refractivity (Wildman–Crippen MR) is 134 cm³/mol. The summed E-state index contributed by atoms with van der Waals surface area (Å²) in [4.78, 5) is 41.4. The van der Waals surface area contributed by atoms with Crippen molar-refractivity contribution < 1.29 is 14.7 Å². The van der Waals surface area contributed by atoms with Crippen molar-refractivity contribution in [3.05, 3.63) is 94.4 Å². The van der Waals surface area contributed by atoms with Crippen molar-refractivity contribution in [1.82, 2.24) is 14.9 Å². The van der Waals surface area contributed by atoms with E-state index in [0.717, 1.165) is 35.2 Å². The maximum absolute atomic E-state index is 13.0. The monoisotopic (exact) mass is 467 g/mol. The molecule has 0 saturated heterocycles. The van der Waals surface area contributed by atoms with Crippen molar-refractivity contribution in [2.24, 2.45) is 5.92 Å². The maximum Gasteiger partial charge on any atom is 0.306 e. The van der Waals surface area contributed by atoms with Crippen LogP contribution in [0.4, 0.5) is 0 Å². The predicted octanol–water partition coefficient (Wildman–Crippen LogP) is 4.21. The van der Waals surface area contributed by atoms with Gasteiger partial charge >= 0.3 is 5.97 Å². The summed E-state index contributed by atoms with van der Waals surface area (Å²) in [5, 5.41) is 12.4. The van der Waals surface area contributed by atoms with Crippen LogP contribution >= 0.6 is 0 Å². The van der Waals surface area contributed by atoms with E-state index in [-0.39, 0.29) is 22.9 Å². The van der Waals surface area contributed by atoms with Gasteiger partial charge in [0.15, 0.2) is 0 Å². The lowest BCUT2D eigenvalue weighted by Gasteiger charge is -2.14. The van der Waals surface area contributed by atoms with Gasteiger partial charge in [0.1, 0.15) is 11.2 Å². The number of aromatic nitrogens is 2. The SMILES string of the molecule is CC(Cc1ccc(-c2cccc(-n3cc(C(=O)NC4CC4)c(=O)c4cccnc43)c2)cc1)C(=O)O. The second kappa shape index (κ2) is 9.18. The van der Waals surface area contributed by atoms with Gasteiger partial charge in [0.25, 0.3) is 5.91 Å². The van der Waals surface area contributed by atoms with Gasteiger partial charge in [-0.3, -0.25) is 14.4 Å². The minimum Gasteiger partial charge on any atom is -0.481 e. The summed E-state index contributed by atoms with van der Waals surface area (Å²) in [6.07, 6.45) is 5.54. The molecule has 2 N–H and O–H groups in total. The van der Waals surface area contributed by atoms with Gasteiger partial charge in [-0.1, -0.05) is 43.3 Å². The summed E-state index contributed by atoms with van der Waals surface area (Å²) in [6.45, 7) is 1.70. The minimum absolute atomic E-state index is 0.0970. The Morgan fingerprint density at radius 1 is 1.09 bits per heavy atom. The molecule has 2 aromatic heterocycles. The summed E-state index contributed by atoms with van der Waals surface area (Å²) in [5.74, 6) is -1.62. The van der Waals surface area contributed by atoms with Gasteiger partial charge in [0, 0.05) is 24.1 Å². The van der Waals surface area contributed by atoms with Crippen LogP contribution < -0.4 is 10.7 Å². The minimum atomic E-state index is -0.811. The molecule has 1 aliphatic rings. The molecule has 2 heterocycles. The number of hydrogen-bond acceptors (Lipinski definition) is 4. The molecule has 0 spiro atoms. The number of carboxylic acids is 1. The molecule has 1 amide bonds. The van der Waals surface area contributed by atoms with Crippen LogP contribution in [0.5, 0.6) is 0 Å². The number of carbonyl (C=O) groups is 2. The first-order chi connectivity index (χ1) is 16.9. The number of hydrogen-bond donors (Lipinski definition) is 2. The maximum atomic E-state index is 13.0. The molecule has 7 heteroatoms. The fourth-order valence-corrected chi connectivity index (χ4v) is 4.12. The third kappa shape index (κ3) is 4.71. The third-order valence-electron chi connectivity index (χ3n) is 6.29. The summed E-state index contributed by atoms with van der Waals surface area (Å²) >= 11 is 0. The molecule has 2 aromatic carbocycles. The third-order valence-corrected chi connectivity index (χ3v) is 6.29. The Morgan fingerprint density at radius 2 is 1.86 bits per heavy atom. The average Bonchev–Trinajstić information content (AvgIpc) is 3.69. The number of benzene rings is 2. The molecule has 4 aromatic rings. The highest BCUT2D eigenvalue weighted by Gasteiger charge is 2.26. The molecule has 0 aliphatic heterocycles. The number of rotatable bonds is 7. The first-order valence-corrected chi connectivity index (χ1v) is 11.6. The molecular weight excluding hydrogens is 442 g/mol. The van der Waals surface area contributed by atoms with Gasteiger partial charge in [-0.2, -0.15) is 0 Å². The van der Waals surface area contributed by atoms with Gasteiger partial charge in [0.05, 0.1) is 11.3 Å². The van der Waals surface area contributed by atoms with Gasteiger partial charge in [-0.25, -0.2) is 4.98 Å². The van der Waals surface area contributed by atoms with Crippen molar-refractivity contribution in [1.29, 1.82) is 0 Å². The Hall–Kier alpha value is -4.26. The van der Waals surface area contributed by atoms with Gasteiger partial charge < -0.3 is 15.0 Å². The number of nitrogens with one attached hydrogen (secondary N) is 1. The Morgan fingerprint density at radius 3 is 2.57 bits per heavy atom. The Kier molecular flexibility index (Phi) is 5.91. The molecule has 7 nitrogen and oxygen atoms in total. The quantitative estimate of drug-likeness (QED) is 0.424. The molecule has 5 rings (SSSR count). The van der Waals surface area contributed by atoms with Gasteiger partial charge in [-0.05, 0) is 60.2 Å². The lowest BCUT2D eigenvalue weighted by Crippen LogP contribution is -2.31. The van der Waals surface area contributed by atoms with E-state index < -0.39 is 11.9 Å². The van der Waals surface area contributed by atoms with E-state index in [1.54, 1.807) is 36.0 Å². The molecule has 35 heavy (non-hydrogen) atoms. The van der Waals surface area contributed by atoms with Gasteiger partial charge in [-0.15, -0.1) is 0 Å². The summed E-state index contributed by atoms with van der Waals surface area (Å²) in [5.41, 5.74) is 3.91. The van der Waals surface area contributed by atoms with Crippen LogP contribution in [0.15, 0.2) is 77.9 Å². The molecule has 1 aliphatic carbocycles. The lowest BCUT2D eigenvalue weighted by atomic mass is 9.98. The van der Waals surface area contributed by atoms with Crippen LogP contribution in [-0.2, 0) is 11.2 Å². The van der Waals surface area contributed by atoms with Crippen molar-refractivity contribution in [2.75, 3.05) is 0 Å². The highest BCUT2D eigenvalue weighted by molar-refractivity contribution is 5.97. The molecule has 1 atom stereocenters. The van der Waals surface area contributed by atoms with E-state index >= 15 is 0 Å². The zero-order chi connectivity index (χ0) is 24.5. The van der Waals surface area contributed by atoms with E-state index in [1.165, 1.54) is 0 Å². The summed E-state index contributed by atoms with van der Waals surface area (Å²) < 4.78 is 1.78. The Labute approximate surface area is 202 Å². The largest absolute Gasteiger partial charge is 0.481 e. The number of amides is 1. The zero-order valence-electron chi connectivity index (χ0n) is 19.3. The molecule has 1 saturated carbocycles. The van der Waals surface area contributed by atoms with Gasteiger partial charge in [0.2, 0.25) is 5.43 Å². The van der Waals surface area contributed by atoms with Crippen molar-refractivity contribution >= 4 is 22.9 Å². The van der Waals surface area contributed by atoms with Crippen molar-refractivity contribution in [2.45, 2.75) is 32.2 Å². The number of nitrogens with zero attached hydrogens (tertiary/aromatic N) is 2. The Bertz CT molecular complexity index is 1490. The zero-order valence-corrected chi connectivity index (χ0v) is 19.3. The van der Waals surface area contributed by atoms with Crippen LogP contribution in [-0.4, -0.2) is 32.6 Å². The number of pyridine rings is 2. The van der Waals surface area contributed by atoms with Crippen LogP contribution in [0.2, 0.25) is 0 Å². The highest BCUT2D eigenvalue weighted by Crippen LogP contribution is 2.25. The fourth-order valence-electron chi connectivity index (χ4n) is 4.12. The molecule has 176 valence electrons. The van der Waals surface area contributed by atoms with Crippen LogP contribution in [0.1, 0.15) is 35.7 Å². The molecule has 0 bridgehead atoms. The van der Waals surface area contributed by atoms with Crippen LogP contribution in [0.25, 0.3) is 27.8 Å². The topological polar surface area (TPSA) is 101 Å². The lowest BCUT2D eigenvalue weighted by molar-refractivity contribution is -0.141. The first-order valence-electron chi connectivity index (χ1n) is 11.6. The number of aliphatic carboxylic acids is 1. The van der Waals surface area contributed by atoms with E-state index in [0.29, 0.717) is 17.5 Å². The fraction of sp³-hybridized carbons (Fsp3) is 0.214. The normalized spacial score (nSPS) is 14.0. The highest BCUT2D eigenvalue weighted by atomic mass is 16.4. The average molecular weight is 468 g/mol. The number of fused-ring (bicyclic) bond motifs is 1. The molecular formula is C28H25N3O4. The van der Waals surface area contributed by atoms with E-state index in [4.69, 9.17) is 5.11 Å². The Balaban J connectivity index is 1.53. The second-order valence-electron chi connectivity index (χ2n) is 9.05. The van der Waals surface area contributed by atoms with E-state index in [9.17, 15) is 14.4 Å². The van der Waals surface area contributed by atoms with Crippen LogP contribution in [0, 0.1) is 5.92 Å². The van der Waals surface area contributed by atoms with Crippen molar-refractivity contribution in [3.8, 4) is 16.8 Å². The molecule has 0 radical (unpaired) electrons. The number of carboxylic acid groups (broad SMARTS) is 1. The summed E-state index contributed by atoms with van der Waals surface area (Å²) in [7, 11) is 0. The van der Waals surface area contributed by atoms with Crippen molar-refractivity contribution in [3.63, 3.8) is 0 Å². The van der Waals surface area contributed by atoms with E-state index in [1.807, 2.05) is 48.5 Å². The standard InChI is InChI=1S/C28H25N3O4/c1-17(28(34)35)14-18-7-9-19(10-8-18)20-4-2-5-22(15-20)31-16-24(27(33)30-21-11-12-21)25(32)23-6-3-13-29-26(23)31/h2-10,13,15-17,21H,11-12,14H2,1H3,(H,30,33)(H,34,35). The second-order valence-corrected chi connectivity index (χ2v) is 9.05. The molecule has 1 unspecified atom stereocenters. The van der Waals surface area contributed by atoms with Crippen LogP contribution in [0.3, 0.4) is 0 Å². The number of carbonyl (C=O) groups excluding carboxylic acids is 1. The van der Waals surface area contributed by atoms with E-state index in [2.05, 4.69) is 10.3 Å². The summed E-state index contributed by atoms with van der Waals surface area (Å²) in [6, 6.07) is 19.2.